The van der Waals surface area contributed by atoms with Crippen LogP contribution in [0.1, 0.15) is 24.7 Å². The SMILES string of the molecule is NC(c1noc(-c2ccc(F)cc2Cl)n1)C1CC1. The summed E-state index contributed by atoms with van der Waals surface area (Å²) in [4.78, 5) is 4.22. The first kappa shape index (κ1) is 11.6. The van der Waals surface area contributed by atoms with Crippen LogP contribution in [-0.2, 0) is 0 Å². The molecule has 0 amide bonds. The zero-order valence-corrected chi connectivity index (χ0v) is 10.2. The minimum Gasteiger partial charge on any atom is -0.334 e. The van der Waals surface area contributed by atoms with E-state index in [4.69, 9.17) is 21.9 Å². The van der Waals surface area contributed by atoms with E-state index in [0.717, 1.165) is 12.8 Å². The average Bonchev–Trinajstić information content (AvgIpc) is 3.07. The lowest BCUT2D eigenvalue weighted by atomic mass is 10.2. The summed E-state index contributed by atoms with van der Waals surface area (Å²) >= 11 is 5.93. The normalized spacial score (nSPS) is 16.8. The maximum Gasteiger partial charge on any atom is 0.259 e. The van der Waals surface area contributed by atoms with Crippen molar-refractivity contribution in [2.24, 2.45) is 11.7 Å². The van der Waals surface area contributed by atoms with Gasteiger partial charge in [-0.25, -0.2) is 4.39 Å². The van der Waals surface area contributed by atoms with E-state index in [1.54, 1.807) is 0 Å². The highest BCUT2D eigenvalue weighted by atomic mass is 35.5. The van der Waals surface area contributed by atoms with Gasteiger partial charge in [-0.15, -0.1) is 0 Å². The van der Waals surface area contributed by atoms with E-state index < -0.39 is 5.82 Å². The largest absolute Gasteiger partial charge is 0.334 e. The molecule has 6 heteroatoms. The number of hydrogen-bond donors (Lipinski definition) is 1. The summed E-state index contributed by atoms with van der Waals surface area (Å²) in [5, 5.41) is 4.09. The van der Waals surface area contributed by atoms with E-state index in [-0.39, 0.29) is 17.0 Å². The topological polar surface area (TPSA) is 64.9 Å². The molecule has 1 fully saturated rings. The molecule has 1 aromatic carbocycles. The van der Waals surface area contributed by atoms with E-state index >= 15 is 0 Å². The van der Waals surface area contributed by atoms with Crippen LogP contribution in [0, 0.1) is 11.7 Å². The average molecular weight is 268 g/mol. The fourth-order valence-corrected chi connectivity index (χ4v) is 2.06. The van der Waals surface area contributed by atoms with Crippen LogP contribution >= 0.6 is 11.6 Å². The first-order chi connectivity index (χ1) is 8.65. The van der Waals surface area contributed by atoms with Crippen molar-refractivity contribution in [3.8, 4) is 11.5 Å². The third-order valence-electron chi connectivity index (χ3n) is 3.03. The van der Waals surface area contributed by atoms with Gasteiger partial charge in [0.05, 0.1) is 16.6 Å². The van der Waals surface area contributed by atoms with Gasteiger partial charge >= 0.3 is 0 Å². The third-order valence-corrected chi connectivity index (χ3v) is 3.34. The maximum absolute atomic E-state index is 12.9. The van der Waals surface area contributed by atoms with Gasteiger partial charge in [0.2, 0.25) is 0 Å². The molecule has 0 spiro atoms. The fourth-order valence-electron chi connectivity index (χ4n) is 1.81. The molecular weight excluding hydrogens is 257 g/mol. The van der Waals surface area contributed by atoms with Crippen molar-refractivity contribution in [3.05, 3.63) is 34.9 Å². The molecule has 0 bridgehead atoms. The summed E-state index contributed by atoms with van der Waals surface area (Å²) < 4.78 is 18.1. The smallest absolute Gasteiger partial charge is 0.259 e. The summed E-state index contributed by atoms with van der Waals surface area (Å²) in [5.41, 5.74) is 6.49. The molecule has 2 N–H and O–H groups in total. The fraction of sp³-hybridized carbons (Fsp3) is 0.333. The molecule has 0 radical (unpaired) electrons. The molecular formula is C12H11ClFN3O. The van der Waals surface area contributed by atoms with Crippen molar-refractivity contribution in [1.29, 1.82) is 0 Å². The van der Waals surface area contributed by atoms with Gasteiger partial charge in [-0.2, -0.15) is 4.98 Å². The molecule has 1 unspecified atom stereocenters. The Hall–Kier alpha value is -1.46. The molecule has 1 aromatic heterocycles. The summed E-state index contributed by atoms with van der Waals surface area (Å²) in [6.07, 6.45) is 2.20. The van der Waals surface area contributed by atoms with Crippen LogP contribution in [0.2, 0.25) is 5.02 Å². The van der Waals surface area contributed by atoms with Gasteiger partial charge in [0.25, 0.3) is 5.89 Å². The lowest BCUT2D eigenvalue weighted by Crippen LogP contribution is -2.13. The second-order valence-corrected chi connectivity index (χ2v) is 4.85. The second-order valence-electron chi connectivity index (χ2n) is 4.45. The van der Waals surface area contributed by atoms with Crippen LogP contribution in [0.4, 0.5) is 4.39 Å². The maximum atomic E-state index is 12.9. The lowest BCUT2D eigenvalue weighted by molar-refractivity contribution is 0.411. The molecule has 1 atom stereocenters. The van der Waals surface area contributed by atoms with Crippen molar-refractivity contribution in [3.63, 3.8) is 0 Å². The summed E-state index contributed by atoms with van der Waals surface area (Å²) in [5.74, 6) is 0.788. The molecule has 94 valence electrons. The molecule has 4 nitrogen and oxygen atoms in total. The lowest BCUT2D eigenvalue weighted by Gasteiger charge is -2.02. The highest BCUT2D eigenvalue weighted by Crippen LogP contribution is 2.39. The highest BCUT2D eigenvalue weighted by molar-refractivity contribution is 6.33. The van der Waals surface area contributed by atoms with Crippen LogP contribution in [0.5, 0.6) is 0 Å². The van der Waals surface area contributed by atoms with Crippen molar-refractivity contribution in [2.45, 2.75) is 18.9 Å². The number of rotatable bonds is 3. The van der Waals surface area contributed by atoms with Crippen LogP contribution in [0.3, 0.4) is 0 Å². The predicted octanol–water partition coefficient (Wildman–Crippen LogP) is 2.94. The Morgan fingerprint density at radius 3 is 2.89 bits per heavy atom. The van der Waals surface area contributed by atoms with Gasteiger partial charge < -0.3 is 10.3 Å². The van der Waals surface area contributed by atoms with E-state index in [1.807, 2.05) is 0 Å². The Morgan fingerprint density at radius 2 is 2.22 bits per heavy atom. The van der Waals surface area contributed by atoms with Crippen LogP contribution in [0.25, 0.3) is 11.5 Å². The molecule has 1 aliphatic rings. The summed E-state index contributed by atoms with van der Waals surface area (Å²) in [7, 11) is 0. The monoisotopic (exact) mass is 267 g/mol. The number of halogens is 2. The molecule has 1 heterocycles. The van der Waals surface area contributed by atoms with Crippen molar-refractivity contribution >= 4 is 11.6 Å². The van der Waals surface area contributed by atoms with E-state index in [1.165, 1.54) is 18.2 Å². The summed E-state index contributed by atoms with van der Waals surface area (Å²) in [6.45, 7) is 0. The van der Waals surface area contributed by atoms with Crippen molar-refractivity contribution in [1.82, 2.24) is 10.1 Å². The minimum absolute atomic E-state index is 0.193. The second kappa shape index (κ2) is 4.33. The zero-order chi connectivity index (χ0) is 12.7. The van der Waals surface area contributed by atoms with Crippen LogP contribution in [-0.4, -0.2) is 10.1 Å². The van der Waals surface area contributed by atoms with Crippen LogP contribution < -0.4 is 5.73 Å². The van der Waals surface area contributed by atoms with E-state index in [2.05, 4.69) is 10.1 Å². The number of aromatic nitrogens is 2. The Labute approximate surface area is 108 Å². The molecule has 3 rings (SSSR count). The predicted molar refractivity (Wildman–Crippen MR) is 64.4 cm³/mol. The number of nitrogens with two attached hydrogens (primary N) is 1. The number of benzene rings is 1. The van der Waals surface area contributed by atoms with Gasteiger partial charge in [0.15, 0.2) is 5.82 Å². The first-order valence-electron chi connectivity index (χ1n) is 5.70. The molecule has 18 heavy (non-hydrogen) atoms. The van der Waals surface area contributed by atoms with Gasteiger partial charge in [0, 0.05) is 0 Å². The minimum atomic E-state index is -0.404. The molecule has 1 aliphatic carbocycles. The van der Waals surface area contributed by atoms with E-state index in [9.17, 15) is 4.39 Å². The number of nitrogens with zero attached hydrogens (tertiary/aromatic N) is 2. The Balaban J connectivity index is 1.92. The quantitative estimate of drug-likeness (QED) is 0.929. The Morgan fingerprint density at radius 1 is 1.44 bits per heavy atom. The Kier molecular flexibility index (Phi) is 2.80. The van der Waals surface area contributed by atoms with Crippen LogP contribution in [0.15, 0.2) is 22.7 Å². The van der Waals surface area contributed by atoms with Gasteiger partial charge in [-0.05, 0) is 37.0 Å². The number of hydrogen-bond acceptors (Lipinski definition) is 4. The van der Waals surface area contributed by atoms with E-state index in [0.29, 0.717) is 17.3 Å². The zero-order valence-electron chi connectivity index (χ0n) is 9.44. The molecule has 2 aromatic rings. The van der Waals surface area contributed by atoms with Gasteiger partial charge in [0.1, 0.15) is 5.82 Å². The van der Waals surface area contributed by atoms with Gasteiger partial charge in [-0.3, -0.25) is 0 Å². The standard InChI is InChI=1S/C12H11ClFN3O/c13-9-5-7(14)3-4-8(9)12-16-11(17-18-12)10(15)6-1-2-6/h3-6,10H,1-2,15H2. The third kappa shape index (κ3) is 2.11. The Bertz CT molecular complexity index is 582. The molecule has 0 aliphatic heterocycles. The molecule has 0 saturated heterocycles. The first-order valence-corrected chi connectivity index (χ1v) is 6.07. The van der Waals surface area contributed by atoms with Crippen molar-refractivity contribution in [2.75, 3.05) is 0 Å². The molecule has 1 saturated carbocycles. The highest BCUT2D eigenvalue weighted by Gasteiger charge is 2.32. The van der Waals surface area contributed by atoms with Crippen molar-refractivity contribution < 1.29 is 8.91 Å². The summed E-state index contributed by atoms with van der Waals surface area (Å²) in [6, 6.07) is 3.83. The van der Waals surface area contributed by atoms with Gasteiger partial charge in [-0.1, -0.05) is 16.8 Å².